The summed E-state index contributed by atoms with van der Waals surface area (Å²) < 4.78 is 0. The van der Waals surface area contributed by atoms with E-state index in [9.17, 15) is 9.90 Å². The van der Waals surface area contributed by atoms with Crippen molar-refractivity contribution in [3.8, 4) is 5.75 Å². The third kappa shape index (κ3) is 3.13. The van der Waals surface area contributed by atoms with Crippen molar-refractivity contribution in [1.29, 1.82) is 0 Å². The summed E-state index contributed by atoms with van der Waals surface area (Å²) in [6.45, 7) is 2.05. The van der Waals surface area contributed by atoms with Gasteiger partial charge in [0.15, 0.2) is 0 Å². The lowest BCUT2D eigenvalue weighted by atomic mass is 10.0. The van der Waals surface area contributed by atoms with Gasteiger partial charge in [0.1, 0.15) is 5.75 Å². The molecule has 1 aromatic carbocycles. The first kappa shape index (κ1) is 12.7. The number of primary amides is 1. The Bertz CT molecular complexity index is 414. The average molecular weight is 249 g/mol. The number of rotatable bonds is 3. The second kappa shape index (κ2) is 5.73. The number of amides is 2. The van der Waals surface area contributed by atoms with Crippen LogP contribution in [0.3, 0.4) is 0 Å². The first-order valence-electron chi connectivity index (χ1n) is 6.21. The fourth-order valence-corrected chi connectivity index (χ4v) is 2.22. The van der Waals surface area contributed by atoms with Crippen molar-refractivity contribution in [2.75, 3.05) is 13.1 Å². The summed E-state index contributed by atoms with van der Waals surface area (Å²) in [6, 6.07) is 7.35. The van der Waals surface area contributed by atoms with Crippen molar-refractivity contribution in [3.63, 3.8) is 0 Å². The van der Waals surface area contributed by atoms with Crippen LogP contribution >= 0.6 is 0 Å². The number of carbonyl (C=O) groups is 1. The van der Waals surface area contributed by atoms with Gasteiger partial charge in [-0.15, -0.1) is 0 Å². The molecule has 1 aliphatic rings. The minimum absolute atomic E-state index is 0.319. The second-order valence-corrected chi connectivity index (χ2v) is 4.61. The number of nitrogens with zero attached hydrogens (tertiary/aromatic N) is 1. The zero-order chi connectivity index (χ0) is 13.0. The van der Waals surface area contributed by atoms with Crippen LogP contribution in [0.2, 0.25) is 0 Å². The van der Waals surface area contributed by atoms with Crippen molar-refractivity contribution in [3.05, 3.63) is 29.8 Å². The molecule has 5 heteroatoms. The number of para-hydroxylation sites is 1. The highest BCUT2D eigenvalue weighted by Crippen LogP contribution is 2.16. The van der Waals surface area contributed by atoms with Gasteiger partial charge in [0.05, 0.1) is 0 Å². The first-order chi connectivity index (χ1) is 8.66. The molecule has 4 N–H and O–H groups in total. The van der Waals surface area contributed by atoms with E-state index in [4.69, 9.17) is 5.73 Å². The number of piperidine rings is 1. The van der Waals surface area contributed by atoms with E-state index in [1.807, 2.05) is 18.2 Å². The molecule has 5 nitrogen and oxygen atoms in total. The molecule has 1 heterocycles. The van der Waals surface area contributed by atoms with Crippen LogP contribution in [-0.4, -0.2) is 35.2 Å². The Morgan fingerprint density at radius 1 is 1.39 bits per heavy atom. The molecule has 0 aliphatic carbocycles. The summed E-state index contributed by atoms with van der Waals surface area (Å²) >= 11 is 0. The maximum absolute atomic E-state index is 11.0. The predicted octanol–water partition coefficient (Wildman–Crippen LogP) is 1.02. The van der Waals surface area contributed by atoms with Crippen molar-refractivity contribution in [2.45, 2.75) is 25.4 Å². The van der Waals surface area contributed by atoms with Crippen molar-refractivity contribution >= 4 is 6.03 Å². The molecule has 0 radical (unpaired) electrons. The molecule has 1 aromatic rings. The Balaban J connectivity index is 1.79. The van der Waals surface area contributed by atoms with Gasteiger partial charge in [0.2, 0.25) is 0 Å². The lowest BCUT2D eigenvalue weighted by Crippen LogP contribution is -2.46. The molecule has 0 atom stereocenters. The van der Waals surface area contributed by atoms with E-state index in [2.05, 4.69) is 5.32 Å². The van der Waals surface area contributed by atoms with Gasteiger partial charge in [-0.2, -0.15) is 0 Å². The Hall–Kier alpha value is -1.75. The zero-order valence-electron chi connectivity index (χ0n) is 10.3. The van der Waals surface area contributed by atoms with Crippen molar-refractivity contribution in [2.24, 2.45) is 5.73 Å². The molecular formula is C13H19N3O2. The largest absolute Gasteiger partial charge is 0.508 e. The van der Waals surface area contributed by atoms with Gasteiger partial charge >= 0.3 is 6.03 Å². The minimum Gasteiger partial charge on any atom is -0.508 e. The van der Waals surface area contributed by atoms with Crippen LogP contribution in [-0.2, 0) is 6.54 Å². The molecule has 0 bridgehead atoms. The average Bonchev–Trinajstić information content (AvgIpc) is 2.38. The number of urea groups is 1. The van der Waals surface area contributed by atoms with E-state index in [-0.39, 0.29) is 6.03 Å². The van der Waals surface area contributed by atoms with Gasteiger partial charge in [-0.1, -0.05) is 18.2 Å². The normalized spacial score (nSPS) is 16.8. The third-order valence-corrected chi connectivity index (χ3v) is 3.38. The number of phenolic OH excluding ortho intramolecular Hbond substituents is 1. The lowest BCUT2D eigenvalue weighted by molar-refractivity contribution is 0.185. The predicted molar refractivity (Wildman–Crippen MR) is 69.1 cm³/mol. The fourth-order valence-electron chi connectivity index (χ4n) is 2.22. The lowest BCUT2D eigenvalue weighted by Gasteiger charge is -2.31. The number of carbonyl (C=O) groups excluding carboxylic acids is 1. The molecule has 2 amide bonds. The number of hydrogen-bond acceptors (Lipinski definition) is 3. The molecule has 0 unspecified atom stereocenters. The van der Waals surface area contributed by atoms with E-state index in [1.54, 1.807) is 11.0 Å². The summed E-state index contributed by atoms with van der Waals surface area (Å²) in [5.41, 5.74) is 6.13. The van der Waals surface area contributed by atoms with E-state index in [1.165, 1.54) is 0 Å². The SMILES string of the molecule is NC(=O)N1CCC(NCc2ccccc2O)CC1. The molecular weight excluding hydrogens is 230 g/mol. The number of aromatic hydroxyl groups is 1. The number of benzene rings is 1. The van der Waals surface area contributed by atoms with Gasteiger partial charge in [-0.25, -0.2) is 4.79 Å². The highest BCUT2D eigenvalue weighted by Gasteiger charge is 2.20. The molecule has 98 valence electrons. The van der Waals surface area contributed by atoms with E-state index in [0.29, 0.717) is 31.4 Å². The van der Waals surface area contributed by atoms with E-state index < -0.39 is 0 Å². The van der Waals surface area contributed by atoms with Gasteiger partial charge in [-0.3, -0.25) is 0 Å². The monoisotopic (exact) mass is 249 g/mol. The first-order valence-corrected chi connectivity index (χ1v) is 6.21. The molecule has 18 heavy (non-hydrogen) atoms. The number of likely N-dealkylation sites (tertiary alicyclic amines) is 1. The van der Waals surface area contributed by atoms with Crippen molar-refractivity contribution < 1.29 is 9.90 Å². The Morgan fingerprint density at radius 3 is 2.67 bits per heavy atom. The fraction of sp³-hybridized carbons (Fsp3) is 0.462. The number of nitrogens with two attached hydrogens (primary N) is 1. The maximum atomic E-state index is 11.0. The van der Waals surface area contributed by atoms with Crippen LogP contribution in [0.1, 0.15) is 18.4 Å². The Kier molecular flexibility index (Phi) is 4.04. The molecule has 0 spiro atoms. The van der Waals surface area contributed by atoms with Crippen LogP contribution in [0.4, 0.5) is 4.79 Å². The number of hydrogen-bond donors (Lipinski definition) is 3. The number of phenols is 1. The van der Waals surface area contributed by atoms with Crippen molar-refractivity contribution in [1.82, 2.24) is 10.2 Å². The zero-order valence-corrected chi connectivity index (χ0v) is 10.3. The Morgan fingerprint density at radius 2 is 2.06 bits per heavy atom. The highest BCUT2D eigenvalue weighted by molar-refractivity contribution is 5.72. The van der Waals surface area contributed by atoms with Gasteiger partial charge < -0.3 is 21.1 Å². The molecule has 1 saturated heterocycles. The summed E-state index contributed by atoms with van der Waals surface area (Å²) in [5, 5.41) is 13.0. The van der Waals surface area contributed by atoms with Crippen LogP contribution in [0.15, 0.2) is 24.3 Å². The maximum Gasteiger partial charge on any atom is 0.314 e. The summed E-state index contributed by atoms with van der Waals surface area (Å²) in [4.78, 5) is 12.6. The van der Waals surface area contributed by atoms with Gasteiger partial charge in [-0.05, 0) is 18.9 Å². The van der Waals surface area contributed by atoms with E-state index in [0.717, 1.165) is 18.4 Å². The molecule has 0 aromatic heterocycles. The number of nitrogens with one attached hydrogen (secondary N) is 1. The molecule has 2 rings (SSSR count). The van der Waals surface area contributed by atoms with E-state index >= 15 is 0 Å². The molecule has 0 saturated carbocycles. The van der Waals surface area contributed by atoms with Gasteiger partial charge in [0, 0.05) is 31.2 Å². The minimum atomic E-state index is -0.339. The second-order valence-electron chi connectivity index (χ2n) is 4.61. The van der Waals surface area contributed by atoms with Crippen LogP contribution in [0.25, 0.3) is 0 Å². The topological polar surface area (TPSA) is 78.6 Å². The summed E-state index contributed by atoms with van der Waals surface area (Å²) in [5.74, 6) is 0.319. The highest BCUT2D eigenvalue weighted by atomic mass is 16.3. The molecule has 1 fully saturated rings. The van der Waals surface area contributed by atoms with Crippen LogP contribution < -0.4 is 11.1 Å². The van der Waals surface area contributed by atoms with Gasteiger partial charge in [0.25, 0.3) is 0 Å². The molecule has 1 aliphatic heterocycles. The van der Waals surface area contributed by atoms with Crippen LogP contribution in [0.5, 0.6) is 5.75 Å². The van der Waals surface area contributed by atoms with Crippen LogP contribution in [0, 0.1) is 0 Å². The summed E-state index contributed by atoms with van der Waals surface area (Å²) in [6.07, 6.45) is 1.80. The summed E-state index contributed by atoms with van der Waals surface area (Å²) in [7, 11) is 0. The quantitative estimate of drug-likeness (QED) is 0.748. The smallest absolute Gasteiger partial charge is 0.314 e. The Labute approximate surface area is 107 Å². The third-order valence-electron chi connectivity index (χ3n) is 3.38. The standard InChI is InChI=1S/C13H19N3O2/c14-13(18)16-7-5-11(6-8-16)15-9-10-3-1-2-4-12(10)17/h1-4,11,15,17H,5-9H2,(H2,14,18).